The zero-order chi connectivity index (χ0) is 14.7. The fraction of sp³-hybridized carbons (Fsp3) is 0.333. The van der Waals surface area contributed by atoms with Gasteiger partial charge in [-0.15, -0.1) is 0 Å². The second kappa shape index (κ2) is 6.19. The number of aliphatic hydroxyl groups is 1. The minimum Gasteiger partial charge on any atom is -0.396 e. The van der Waals surface area contributed by atoms with E-state index in [1.54, 1.807) is 12.1 Å². The lowest BCUT2D eigenvalue weighted by molar-refractivity contribution is 0.264. The SMILES string of the molecule is Cc1cc(C)c(CC(CO)c2ccc(F)cc2)c(C)c1. The van der Waals surface area contributed by atoms with E-state index in [2.05, 4.69) is 32.9 Å². The topological polar surface area (TPSA) is 20.2 Å². The molecule has 0 bridgehead atoms. The standard InChI is InChI=1S/C18H21FO/c1-12-8-13(2)18(14(3)9-12)10-16(11-20)15-4-6-17(19)7-5-15/h4-9,16,20H,10-11H2,1-3H3. The van der Waals surface area contributed by atoms with Crippen LogP contribution >= 0.6 is 0 Å². The van der Waals surface area contributed by atoms with Crippen molar-refractivity contribution < 1.29 is 9.50 Å². The highest BCUT2D eigenvalue weighted by atomic mass is 19.1. The van der Waals surface area contributed by atoms with Crippen LogP contribution < -0.4 is 0 Å². The van der Waals surface area contributed by atoms with Gasteiger partial charge in [-0.25, -0.2) is 4.39 Å². The molecule has 0 heterocycles. The van der Waals surface area contributed by atoms with E-state index in [9.17, 15) is 9.50 Å². The van der Waals surface area contributed by atoms with E-state index in [1.807, 2.05) is 0 Å². The molecule has 2 aromatic rings. The number of aliphatic hydroxyl groups excluding tert-OH is 1. The highest BCUT2D eigenvalue weighted by Gasteiger charge is 2.14. The van der Waals surface area contributed by atoms with Crippen LogP contribution in [0.25, 0.3) is 0 Å². The first kappa shape index (κ1) is 14.7. The zero-order valence-corrected chi connectivity index (χ0v) is 12.3. The summed E-state index contributed by atoms with van der Waals surface area (Å²) in [7, 11) is 0. The maximum atomic E-state index is 13.0. The van der Waals surface area contributed by atoms with Crippen LogP contribution in [0.1, 0.15) is 33.7 Å². The molecule has 1 N–H and O–H groups in total. The minimum atomic E-state index is -0.242. The van der Waals surface area contributed by atoms with E-state index in [0.29, 0.717) is 0 Å². The number of aryl methyl sites for hydroxylation is 3. The Labute approximate surface area is 120 Å². The Morgan fingerprint density at radius 2 is 1.55 bits per heavy atom. The van der Waals surface area contributed by atoms with Gasteiger partial charge in [0.1, 0.15) is 5.82 Å². The lowest BCUT2D eigenvalue weighted by Gasteiger charge is -2.18. The lowest BCUT2D eigenvalue weighted by atomic mass is 9.88. The Balaban J connectivity index is 2.29. The number of halogens is 1. The summed E-state index contributed by atoms with van der Waals surface area (Å²) in [6.07, 6.45) is 0.778. The predicted molar refractivity (Wildman–Crippen MR) is 80.6 cm³/mol. The molecule has 1 atom stereocenters. The van der Waals surface area contributed by atoms with Crippen LogP contribution in [-0.4, -0.2) is 11.7 Å². The smallest absolute Gasteiger partial charge is 0.123 e. The van der Waals surface area contributed by atoms with Gasteiger partial charge in [0.25, 0.3) is 0 Å². The summed E-state index contributed by atoms with van der Waals surface area (Å²) in [4.78, 5) is 0. The zero-order valence-electron chi connectivity index (χ0n) is 12.3. The maximum Gasteiger partial charge on any atom is 0.123 e. The summed E-state index contributed by atoms with van der Waals surface area (Å²) >= 11 is 0. The second-order valence-electron chi connectivity index (χ2n) is 5.51. The second-order valence-corrected chi connectivity index (χ2v) is 5.51. The third-order valence-corrected chi connectivity index (χ3v) is 3.85. The Morgan fingerprint density at radius 1 is 1.00 bits per heavy atom. The molecule has 20 heavy (non-hydrogen) atoms. The Hall–Kier alpha value is -1.67. The molecule has 0 spiro atoms. The lowest BCUT2D eigenvalue weighted by Crippen LogP contribution is -2.10. The van der Waals surface area contributed by atoms with Gasteiger partial charge in [0, 0.05) is 5.92 Å². The molecule has 2 aromatic carbocycles. The first-order valence-corrected chi connectivity index (χ1v) is 6.94. The van der Waals surface area contributed by atoms with E-state index in [-0.39, 0.29) is 18.3 Å². The maximum absolute atomic E-state index is 13.0. The van der Waals surface area contributed by atoms with Crippen LogP contribution in [0.5, 0.6) is 0 Å². The average Bonchev–Trinajstić information content (AvgIpc) is 2.39. The average molecular weight is 272 g/mol. The van der Waals surface area contributed by atoms with E-state index in [4.69, 9.17) is 0 Å². The van der Waals surface area contributed by atoms with Crippen LogP contribution in [0.2, 0.25) is 0 Å². The van der Waals surface area contributed by atoms with Crippen molar-refractivity contribution in [3.63, 3.8) is 0 Å². The monoisotopic (exact) mass is 272 g/mol. The molecular formula is C18H21FO. The minimum absolute atomic E-state index is 0.00991. The Morgan fingerprint density at radius 3 is 2.05 bits per heavy atom. The molecule has 0 saturated carbocycles. The van der Waals surface area contributed by atoms with Crippen LogP contribution in [0.4, 0.5) is 4.39 Å². The molecule has 1 unspecified atom stereocenters. The van der Waals surface area contributed by atoms with Gasteiger partial charge in [0.05, 0.1) is 6.61 Å². The molecule has 0 radical (unpaired) electrons. The number of rotatable bonds is 4. The van der Waals surface area contributed by atoms with Crippen LogP contribution in [0, 0.1) is 26.6 Å². The molecule has 0 aromatic heterocycles. The highest BCUT2D eigenvalue weighted by molar-refractivity contribution is 5.39. The van der Waals surface area contributed by atoms with Gasteiger partial charge < -0.3 is 5.11 Å². The molecule has 0 saturated heterocycles. The predicted octanol–water partition coefficient (Wildman–Crippen LogP) is 4.07. The van der Waals surface area contributed by atoms with E-state index in [0.717, 1.165) is 12.0 Å². The quantitative estimate of drug-likeness (QED) is 0.889. The third-order valence-electron chi connectivity index (χ3n) is 3.85. The van der Waals surface area contributed by atoms with Crippen LogP contribution in [-0.2, 0) is 6.42 Å². The fourth-order valence-corrected chi connectivity index (χ4v) is 2.80. The largest absolute Gasteiger partial charge is 0.396 e. The Bertz CT molecular complexity index is 564. The normalized spacial score (nSPS) is 12.4. The highest BCUT2D eigenvalue weighted by Crippen LogP contribution is 2.25. The van der Waals surface area contributed by atoms with Gasteiger partial charge >= 0.3 is 0 Å². The van der Waals surface area contributed by atoms with Crippen molar-refractivity contribution in [3.8, 4) is 0 Å². The van der Waals surface area contributed by atoms with Gasteiger partial charge in [-0.05, 0) is 61.6 Å². The molecule has 0 amide bonds. The van der Waals surface area contributed by atoms with Crippen molar-refractivity contribution in [3.05, 3.63) is 70.0 Å². The van der Waals surface area contributed by atoms with Gasteiger partial charge in [0.2, 0.25) is 0 Å². The van der Waals surface area contributed by atoms with Crippen LogP contribution in [0.15, 0.2) is 36.4 Å². The number of hydrogen-bond donors (Lipinski definition) is 1. The van der Waals surface area contributed by atoms with Crippen LogP contribution in [0.3, 0.4) is 0 Å². The number of benzene rings is 2. The third kappa shape index (κ3) is 3.26. The molecule has 0 aliphatic rings. The summed E-state index contributed by atoms with van der Waals surface area (Å²) in [5.41, 5.74) is 6.02. The molecule has 0 aliphatic heterocycles. The summed E-state index contributed by atoms with van der Waals surface area (Å²) in [5.74, 6) is -0.233. The first-order valence-electron chi connectivity index (χ1n) is 6.94. The van der Waals surface area contributed by atoms with E-state index in [1.165, 1.54) is 34.4 Å². The molecule has 106 valence electrons. The molecular weight excluding hydrogens is 251 g/mol. The molecule has 2 rings (SSSR count). The van der Waals surface area contributed by atoms with Crippen molar-refractivity contribution in [2.75, 3.05) is 6.61 Å². The molecule has 2 heteroatoms. The van der Waals surface area contributed by atoms with Crippen molar-refractivity contribution in [1.29, 1.82) is 0 Å². The van der Waals surface area contributed by atoms with Gasteiger partial charge in [-0.3, -0.25) is 0 Å². The van der Waals surface area contributed by atoms with Gasteiger partial charge in [0.15, 0.2) is 0 Å². The Kier molecular flexibility index (Phi) is 4.56. The number of hydrogen-bond acceptors (Lipinski definition) is 1. The van der Waals surface area contributed by atoms with E-state index >= 15 is 0 Å². The summed E-state index contributed by atoms with van der Waals surface area (Å²) < 4.78 is 13.0. The van der Waals surface area contributed by atoms with E-state index < -0.39 is 0 Å². The summed E-state index contributed by atoms with van der Waals surface area (Å²) in [6, 6.07) is 10.8. The van der Waals surface area contributed by atoms with Gasteiger partial charge in [-0.1, -0.05) is 29.8 Å². The van der Waals surface area contributed by atoms with Crippen molar-refractivity contribution in [1.82, 2.24) is 0 Å². The molecule has 0 fully saturated rings. The van der Waals surface area contributed by atoms with Gasteiger partial charge in [-0.2, -0.15) is 0 Å². The van der Waals surface area contributed by atoms with Crippen molar-refractivity contribution in [2.24, 2.45) is 0 Å². The summed E-state index contributed by atoms with van der Waals surface area (Å²) in [5, 5.41) is 9.65. The van der Waals surface area contributed by atoms with Crippen molar-refractivity contribution >= 4 is 0 Å². The summed E-state index contributed by atoms with van der Waals surface area (Å²) in [6.45, 7) is 6.37. The molecule has 0 aliphatic carbocycles. The molecule has 1 nitrogen and oxygen atoms in total. The van der Waals surface area contributed by atoms with Crippen molar-refractivity contribution in [2.45, 2.75) is 33.1 Å². The fourth-order valence-electron chi connectivity index (χ4n) is 2.80. The first-order chi connectivity index (χ1) is 9.51.